The van der Waals surface area contributed by atoms with Gasteiger partial charge in [-0.1, -0.05) is 11.6 Å². The number of nitrogens with one attached hydrogen (secondary N) is 1. The molecule has 0 saturated carbocycles. The van der Waals surface area contributed by atoms with Crippen molar-refractivity contribution in [1.29, 1.82) is 0 Å². The van der Waals surface area contributed by atoms with Gasteiger partial charge in [-0.05, 0) is 49.2 Å². The molecule has 1 fully saturated rings. The third-order valence-corrected chi connectivity index (χ3v) is 7.05. The van der Waals surface area contributed by atoms with E-state index in [1.165, 1.54) is 18.3 Å². The Morgan fingerprint density at radius 1 is 0.955 bits per heavy atom. The van der Waals surface area contributed by atoms with E-state index < -0.39 is 57.5 Å². The number of amides is 2. The Labute approximate surface area is 249 Å². The number of nitrogens with zero attached hydrogens (tertiary/aromatic N) is 4. The first kappa shape index (κ1) is 30.9. The zero-order chi connectivity index (χ0) is 31.8. The first-order chi connectivity index (χ1) is 20.7. The summed E-state index contributed by atoms with van der Waals surface area (Å²) in [6, 6.07) is 5.33. The average molecular weight is 642 g/mol. The molecule has 1 N–H and O–H groups in total. The van der Waals surface area contributed by atoms with Crippen molar-refractivity contribution in [2.45, 2.75) is 31.2 Å². The van der Waals surface area contributed by atoms with Crippen molar-refractivity contribution in [3.63, 3.8) is 0 Å². The fraction of sp³-hybridized carbons (Fsp3) is 0.250. The summed E-state index contributed by atoms with van der Waals surface area (Å²) >= 11 is 5.91. The molecule has 0 spiro atoms. The Hall–Kier alpha value is -4.53. The molecule has 1 aromatic heterocycles. The highest BCUT2D eigenvalue weighted by molar-refractivity contribution is 6.31. The van der Waals surface area contributed by atoms with Gasteiger partial charge in [0.05, 0.1) is 11.1 Å². The van der Waals surface area contributed by atoms with E-state index in [1.54, 1.807) is 4.90 Å². The molecule has 0 radical (unpaired) electrons. The SMILES string of the molecule is O=C(Nc1ccc(Oc2ccnc(C(=O)N3CCCC3)c2)c(F)c1)C1=C(C(F)(F)F)C(c2cc(C(F)(F)F)ccc2Cl)N=N1. The van der Waals surface area contributed by atoms with Crippen molar-refractivity contribution in [3.05, 3.63) is 93.7 Å². The molecule has 44 heavy (non-hydrogen) atoms. The van der Waals surface area contributed by atoms with Crippen LogP contribution in [0.4, 0.5) is 36.4 Å². The molecule has 0 bridgehead atoms. The van der Waals surface area contributed by atoms with Gasteiger partial charge in [-0.25, -0.2) is 4.39 Å². The lowest BCUT2D eigenvalue weighted by Crippen LogP contribution is -2.28. The maximum atomic E-state index is 14.9. The van der Waals surface area contributed by atoms with Gasteiger partial charge in [0.1, 0.15) is 17.5 Å². The number of carbonyl (C=O) groups is 2. The molecule has 2 aromatic carbocycles. The number of aromatic nitrogens is 1. The number of benzene rings is 2. The summed E-state index contributed by atoms with van der Waals surface area (Å²) < 4.78 is 102. The molecule has 16 heteroatoms. The van der Waals surface area contributed by atoms with Crippen molar-refractivity contribution in [2.75, 3.05) is 18.4 Å². The molecule has 5 rings (SSSR count). The predicted octanol–water partition coefficient (Wildman–Crippen LogP) is 7.88. The summed E-state index contributed by atoms with van der Waals surface area (Å²) in [5.74, 6) is -3.01. The van der Waals surface area contributed by atoms with E-state index >= 15 is 0 Å². The summed E-state index contributed by atoms with van der Waals surface area (Å²) in [6.07, 6.45) is -7.08. The number of azo groups is 1. The molecule has 3 aromatic rings. The second kappa shape index (κ2) is 11.9. The van der Waals surface area contributed by atoms with Crippen LogP contribution in [-0.2, 0) is 11.0 Å². The van der Waals surface area contributed by atoms with Crippen LogP contribution in [-0.4, -0.2) is 41.0 Å². The third-order valence-electron chi connectivity index (χ3n) is 6.70. The number of pyridine rings is 1. The quantitative estimate of drug-likeness (QED) is 0.277. The van der Waals surface area contributed by atoms with Crippen LogP contribution in [0.2, 0.25) is 5.02 Å². The van der Waals surface area contributed by atoms with Crippen LogP contribution in [0, 0.1) is 5.82 Å². The van der Waals surface area contributed by atoms with Gasteiger partial charge in [-0.15, -0.1) is 5.11 Å². The molecule has 2 aliphatic rings. The molecule has 3 heterocycles. The highest BCUT2D eigenvalue weighted by atomic mass is 35.5. The molecule has 1 saturated heterocycles. The molecule has 1 atom stereocenters. The van der Waals surface area contributed by atoms with Gasteiger partial charge in [0.15, 0.2) is 17.3 Å². The Morgan fingerprint density at radius 2 is 1.68 bits per heavy atom. The van der Waals surface area contributed by atoms with Crippen molar-refractivity contribution >= 4 is 29.1 Å². The van der Waals surface area contributed by atoms with E-state index in [0.29, 0.717) is 25.2 Å². The maximum absolute atomic E-state index is 14.9. The summed E-state index contributed by atoms with van der Waals surface area (Å²) in [5, 5.41) is 8.31. The molecule has 8 nitrogen and oxygen atoms in total. The number of alkyl halides is 6. The molecule has 0 aliphatic carbocycles. The Balaban J connectivity index is 1.35. The normalized spacial score (nSPS) is 16.9. The molecule has 230 valence electrons. The minimum Gasteiger partial charge on any atom is -0.454 e. The van der Waals surface area contributed by atoms with Crippen LogP contribution in [0.25, 0.3) is 0 Å². The van der Waals surface area contributed by atoms with Crippen LogP contribution < -0.4 is 10.1 Å². The first-order valence-corrected chi connectivity index (χ1v) is 13.2. The lowest BCUT2D eigenvalue weighted by atomic mass is 9.96. The number of halogens is 8. The topological polar surface area (TPSA) is 96.2 Å². The number of anilines is 1. The van der Waals surface area contributed by atoms with Crippen LogP contribution in [0.5, 0.6) is 11.5 Å². The van der Waals surface area contributed by atoms with Crippen LogP contribution in [0.3, 0.4) is 0 Å². The molecule has 1 unspecified atom stereocenters. The lowest BCUT2D eigenvalue weighted by molar-refractivity contribution is -0.137. The van der Waals surface area contributed by atoms with Gasteiger partial charge in [0.2, 0.25) is 0 Å². The molecular formula is C28H19ClF7N5O3. The monoisotopic (exact) mass is 641 g/mol. The maximum Gasteiger partial charge on any atom is 0.417 e. The van der Waals surface area contributed by atoms with E-state index in [-0.39, 0.29) is 28.8 Å². The van der Waals surface area contributed by atoms with Crippen molar-refractivity contribution in [3.8, 4) is 11.5 Å². The second-order valence-corrected chi connectivity index (χ2v) is 10.1. The number of likely N-dealkylation sites (tertiary alicyclic amines) is 1. The summed E-state index contributed by atoms with van der Waals surface area (Å²) in [6.45, 7) is 1.19. The number of rotatable bonds is 6. The van der Waals surface area contributed by atoms with E-state index in [9.17, 15) is 40.3 Å². The fourth-order valence-corrected chi connectivity index (χ4v) is 4.83. The predicted molar refractivity (Wildman–Crippen MR) is 142 cm³/mol. The van der Waals surface area contributed by atoms with Crippen LogP contribution in [0.15, 0.2) is 76.2 Å². The minimum atomic E-state index is -5.25. The highest BCUT2D eigenvalue weighted by Crippen LogP contribution is 2.47. The van der Waals surface area contributed by atoms with E-state index in [1.807, 2.05) is 0 Å². The van der Waals surface area contributed by atoms with Crippen molar-refractivity contribution in [2.24, 2.45) is 10.2 Å². The number of hydrogen-bond donors (Lipinski definition) is 1. The molecule has 2 amide bonds. The summed E-state index contributed by atoms with van der Waals surface area (Å²) in [7, 11) is 0. The lowest BCUT2D eigenvalue weighted by Gasteiger charge is -2.18. The number of hydrogen-bond acceptors (Lipinski definition) is 6. The van der Waals surface area contributed by atoms with Crippen molar-refractivity contribution < 1.29 is 45.1 Å². The van der Waals surface area contributed by atoms with E-state index in [0.717, 1.165) is 37.1 Å². The van der Waals surface area contributed by atoms with Gasteiger partial charge in [-0.2, -0.15) is 31.5 Å². The zero-order valence-electron chi connectivity index (χ0n) is 22.1. The summed E-state index contributed by atoms with van der Waals surface area (Å²) in [5.41, 5.74) is -5.00. The van der Waals surface area contributed by atoms with Gasteiger partial charge >= 0.3 is 12.4 Å². The van der Waals surface area contributed by atoms with Crippen molar-refractivity contribution in [1.82, 2.24) is 9.88 Å². The van der Waals surface area contributed by atoms with Gasteiger partial charge in [-0.3, -0.25) is 14.6 Å². The van der Waals surface area contributed by atoms with Crippen LogP contribution in [0.1, 0.15) is 40.5 Å². The second-order valence-electron chi connectivity index (χ2n) is 9.69. The third kappa shape index (κ3) is 6.51. The zero-order valence-corrected chi connectivity index (χ0v) is 22.9. The van der Waals surface area contributed by atoms with Crippen LogP contribution >= 0.6 is 11.6 Å². The van der Waals surface area contributed by atoms with E-state index in [2.05, 4.69) is 20.5 Å². The summed E-state index contributed by atoms with van der Waals surface area (Å²) in [4.78, 5) is 31.1. The number of carbonyl (C=O) groups excluding carboxylic acids is 2. The fourth-order valence-electron chi connectivity index (χ4n) is 4.61. The Bertz CT molecular complexity index is 1680. The smallest absolute Gasteiger partial charge is 0.417 e. The largest absolute Gasteiger partial charge is 0.454 e. The average Bonchev–Trinajstić information content (AvgIpc) is 3.65. The molecular weight excluding hydrogens is 623 g/mol. The van der Waals surface area contributed by atoms with Gasteiger partial charge < -0.3 is 15.0 Å². The standard InChI is InChI=1S/C28H19ClF7N5O3/c29-18-5-3-14(27(31,32)33)11-17(18)23-22(28(34,35)36)24(40-39-23)25(42)38-15-4-6-21(19(30)12-15)44-16-7-8-37-20(13-16)26(43)41-9-1-2-10-41/h3-8,11-13,23H,1-2,9-10H2,(H,38,42). The Morgan fingerprint density at radius 3 is 2.34 bits per heavy atom. The number of ether oxygens (including phenoxy) is 1. The van der Waals surface area contributed by atoms with E-state index in [4.69, 9.17) is 16.3 Å². The minimum absolute atomic E-state index is 0.0869. The molecule has 2 aliphatic heterocycles. The van der Waals surface area contributed by atoms with Gasteiger partial charge in [0.25, 0.3) is 11.8 Å². The first-order valence-electron chi connectivity index (χ1n) is 12.9. The highest BCUT2D eigenvalue weighted by Gasteiger charge is 2.48. The van der Waals surface area contributed by atoms with Gasteiger partial charge in [0, 0.05) is 47.7 Å². The Kier molecular flexibility index (Phi) is 8.34.